The lowest BCUT2D eigenvalue weighted by Crippen LogP contribution is -2.50. The molecule has 0 bridgehead atoms. The van der Waals surface area contributed by atoms with Crippen molar-refractivity contribution in [3.8, 4) is 0 Å². The summed E-state index contributed by atoms with van der Waals surface area (Å²) >= 11 is 0. The maximum Gasteiger partial charge on any atom is 0.251 e. The molecule has 0 saturated carbocycles. The fourth-order valence-electron chi connectivity index (χ4n) is 3.38. The Bertz CT molecular complexity index is 766. The lowest BCUT2D eigenvalue weighted by atomic mass is 9.94. The second-order valence-corrected chi connectivity index (χ2v) is 8.95. The molecule has 2 aliphatic rings. The Morgan fingerprint density at radius 3 is 2.67 bits per heavy atom. The Hall–Kier alpha value is -1.19. The van der Waals surface area contributed by atoms with Gasteiger partial charge in [0.2, 0.25) is 10.0 Å². The SMILES string of the molecule is Cc1ccc(C(=O)NC2CNCCC2C)cc1S(=O)(=O)N1CCOCC1.Cl. The molecule has 2 unspecified atom stereocenters. The summed E-state index contributed by atoms with van der Waals surface area (Å²) in [6, 6.07) is 4.93. The summed E-state index contributed by atoms with van der Waals surface area (Å²) in [7, 11) is -3.63. The van der Waals surface area contributed by atoms with Crippen LogP contribution in [0.2, 0.25) is 0 Å². The zero-order valence-corrected chi connectivity index (χ0v) is 17.4. The van der Waals surface area contributed by atoms with Crippen LogP contribution in [-0.2, 0) is 14.8 Å². The zero-order valence-electron chi connectivity index (χ0n) is 15.7. The first-order chi connectivity index (χ1) is 12.4. The van der Waals surface area contributed by atoms with Crippen LogP contribution in [0.25, 0.3) is 0 Å². The van der Waals surface area contributed by atoms with E-state index in [9.17, 15) is 13.2 Å². The average molecular weight is 418 g/mol. The number of nitrogens with zero attached hydrogens (tertiary/aromatic N) is 1. The number of carbonyl (C=O) groups is 1. The summed E-state index contributed by atoms with van der Waals surface area (Å²) in [6.45, 7) is 7.03. The van der Waals surface area contributed by atoms with Crippen molar-refractivity contribution in [3.05, 3.63) is 29.3 Å². The van der Waals surface area contributed by atoms with Crippen molar-refractivity contribution in [2.75, 3.05) is 39.4 Å². The Kier molecular flexibility index (Phi) is 7.64. The monoisotopic (exact) mass is 417 g/mol. The zero-order chi connectivity index (χ0) is 18.7. The predicted molar refractivity (Wildman–Crippen MR) is 106 cm³/mol. The number of halogens is 1. The van der Waals surface area contributed by atoms with Crippen LogP contribution in [0.3, 0.4) is 0 Å². The molecule has 152 valence electrons. The van der Waals surface area contributed by atoms with Gasteiger partial charge in [0.05, 0.1) is 18.1 Å². The van der Waals surface area contributed by atoms with E-state index in [4.69, 9.17) is 4.74 Å². The van der Waals surface area contributed by atoms with Crippen LogP contribution in [0, 0.1) is 12.8 Å². The number of amides is 1. The van der Waals surface area contributed by atoms with Crippen molar-refractivity contribution in [2.45, 2.75) is 31.2 Å². The van der Waals surface area contributed by atoms with E-state index in [1.807, 2.05) is 0 Å². The Morgan fingerprint density at radius 1 is 1.30 bits per heavy atom. The molecule has 0 aromatic heterocycles. The quantitative estimate of drug-likeness (QED) is 0.767. The molecule has 1 aromatic rings. The van der Waals surface area contributed by atoms with Gasteiger partial charge in [-0.1, -0.05) is 13.0 Å². The number of aryl methyl sites for hydroxylation is 1. The third-order valence-corrected chi connectivity index (χ3v) is 7.22. The van der Waals surface area contributed by atoms with Crippen LogP contribution in [-0.4, -0.2) is 64.1 Å². The summed E-state index contributed by atoms with van der Waals surface area (Å²) in [5, 5.41) is 6.31. The number of piperidine rings is 1. The molecule has 27 heavy (non-hydrogen) atoms. The first-order valence-corrected chi connectivity index (χ1v) is 10.5. The van der Waals surface area contributed by atoms with E-state index in [0.29, 0.717) is 43.3 Å². The Morgan fingerprint density at radius 2 is 2.00 bits per heavy atom. The third kappa shape index (κ3) is 5.00. The van der Waals surface area contributed by atoms with Crippen molar-refractivity contribution in [3.63, 3.8) is 0 Å². The summed E-state index contributed by atoms with van der Waals surface area (Å²) in [4.78, 5) is 12.9. The minimum atomic E-state index is -3.63. The fourth-order valence-corrected chi connectivity index (χ4v) is 5.04. The molecule has 2 aliphatic heterocycles. The Labute approximate surface area is 167 Å². The second-order valence-electron chi connectivity index (χ2n) is 7.05. The molecule has 2 saturated heterocycles. The first-order valence-electron chi connectivity index (χ1n) is 9.09. The molecule has 2 fully saturated rings. The number of rotatable bonds is 4. The molecule has 2 N–H and O–H groups in total. The van der Waals surface area contributed by atoms with Crippen molar-refractivity contribution in [1.82, 2.24) is 14.9 Å². The van der Waals surface area contributed by atoms with Crippen LogP contribution in [0.1, 0.15) is 29.3 Å². The van der Waals surface area contributed by atoms with Gasteiger partial charge in [0, 0.05) is 31.2 Å². The highest BCUT2D eigenvalue weighted by Crippen LogP contribution is 2.22. The van der Waals surface area contributed by atoms with E-state index >= 15 is 0 Å². The van der Waals surface area contributed by atoms with Crippen LogP contribution < -0.4 is 10.6 Å². The van der Waals surface area contributed by atoms with Crippen LogP contribution in [0.5, 0.6) is 0 Å². The van der Waals surface area contributed by atoms with Crippen molar-refractivity contribution >= 4 is 28.3 Å². The Balaban J connectivity index is 0.00000261. The molecular weight excluding hydrogens is 390 g/mol. The van der Waals surface area contributed by atoms with E-state index < -0.39 is 10.0 Å². The fraction of sp³-hybridized carbons (Fsp3) is 0.611. The van der Waals surface area contributed by atoms with Gasteiger partial charge in [-0.2, -0.15) is 4.31 Å². The predicted octanol–water partition coefficient (Wildman–Crippen LogP) is 1.17. The maximum atomic E-state index is 13.0. The highest BCUT2D eigenvalue weighted by atomic mass is 35.5. The molecule has 2 heterocycles. The molecule has 1 amide bonds. The summed E-state index contributed by atoms with van der Waals surface area (Å²) < 4.78 is 32.6. The van der Waals surface area contributed by atoms with Gasteiger partial charge in [-0.05, 0) is 43.5 Å². The van der Waals surface area contributed by atoms with Gasteiger partial charge in [0.15, 0.2) is 0 Å². The first kappa shape index (κ1) is 22.1. The number of hydrogen-bond donors (Lipinski definition) is 2. The molecule has 9 heteroatoms. The number of sulfonamides is 1. The lowest BCUT2D eigenvalue weighted by molar-refractivity contribution is 0.0730. The van der Waals surface area contributed by atoms with E-state index in [1.54, 1.807) is 19.1 Å². The maximum absolute atomic E-state index is 13.0. The van der Waals surface area contributed by atoms with E-state index in [0.717, 1.165) is 19.5 Å². The number of ether oxygens (including phenoxy) is 1. The van der Waals surface area contributed by atoms with E-state index in [-0.39, 0.29) is 29.3 Å². The summed E-state index contributed by atoms with van der Waals surface area (Å²) in [5.74, 6) is 0.158. The number of morpholine rings is 1. The van der Waals surface area contributed by atoms with Crippen LogP contribution in [0.4, 0.5) is 0 Å². The number of carbonyl (C=O) groups excluding carboxylic acids is 1. The minimum absolute atomic E-state index is 0. The molecule has 7 nitrogen and oxygen atoms in total. The standard InChI is InChI=1S/C18H27N3O4S.ClH/c1-13-5-6-19-12-16(13)20-18(22)15-4-3-14(2)17(11-15)26(23,24)21-7-9-25-10-8-21;/h3-4,11,13,16,19H,5-10,12H2,1-2H3,(H,20,22);1H. The number of benzene rings is 1. The topological polar surface area (TPSA) is 87.7 Å². The van der Waals surface area contributed by atoms with Gasteiger partial charge in [0.25, 0.3) is 5.91 Å². The molecular formula is C18H28ClN3O4S. The van der Waals surface area contributed by atoms with E-state index in [2.05, 4.69) is 17.6 Å². The van der Waals surface area contributed by atoms with Crippen molar-refractivity contribution < 1.29 is 17.9 Å². The lowest BCUT2D eigenvalue weighted by Gasteiger charge is -2.30. The average Bonchev–Trinajstić information content (AvgIpc) is 2.64. The van der Waals surface area contributed by atoms with Crippen molar-refractivity contribution in [1.29, 1.82) is 0 Å². The summed E-state index contributed by atoms with van der Waals surface area (Å²) in [5.41, 5.74) is 1.01. The molecule has 0 aliphatic carbocycles. The van der Waals surface area contributed by atoms with Gasteiger partial charge in [0.1, 0.15) is 0 Å². The molecule has 0 radical (unpaired) electrons. The number of hydrogen-bond acceptors (Lipinski definition) is 5. The normalized spacial score (nSPS) is 24.1. The minimum Gasteiger partial charge on any atom is -0.379 e. The largest absolute Gasteiger partial charge is 0.379 e. The number of nitrogens with one attached hydrogen (secondary N) is 2. The highest BCUT2D eigenvalue weighted by molar-refractivity contribution is 7.89. The molecule has 0 spiro atoms. The second kappa shape index (κ2) is 9.34. The van der Waals surface area contributed by atoms with Gasteiger partial charge in [-0.25, -0.2) is 8.42 Å². The van der Waals surface area contributed by atoms with Crippen molar-refractivity contribution in [2.24, 2.45) is 5.92 Å². The summed E-state index contributed by atoms with van der Waals surface area (Å²) in [6.07, 6.45) is 1.01. The van der Waals surface area contributed by atoms with Crippen LogP contribution in [0.15, 0.2) is 23.1 Å². The molecule has 1 aromatic carbocycles. The van der Waals surface area contributed by atoms with Gasteiger partial charge in [-0.3, -0.25) is 4.79 Å². The van der Waals surface area contributed by atoms with Crippen LogP contribution >= 0.6 is 12.4 Å². The van der Waals surface area contributed by atoms with Gasteiger partial charge >= 0.3 is 0 Å². The van der Waals surface area contributed by atoms with Gasteiger partial charge < -0.3 is 15.4 Å². The smallest absolute Gasteiger partial charge is 0.251 e. The highest BCUT2D eigenvalue weighted by Gasteiger charge is 2.29. The molecule has 2 atom stereocenters. The van der Waals surface area contributed by atoms with Gasteiger partial charge in [-0.15, -0.1) is 12.4 Å². The van der Waals surface area contributed by atoms with E-state index in [1.165, 1.54) is 10.4 Å². The molecule has 3 rings (SSSR count). The third-order valence-electron chi connectivity index (χ3n) is 5.18.